The summed E-state index contributed by atoms with van der Waals surface area (Å²) in [4.78, 5) is 52.2. The summed E-state index contributed by atoms with van der Waals surface area (Å²) in [5, 5.41) is 1.79. The number of nitrogens with one attached hydrogen (secondary N) is 1. The molecule has 1 atom stereocenters. The number of carbonyl (C=O) groups excluding carboxylic acids is 4. The first kappa shape index (κ1) is 26.8. The zero-order valence-corrected chi connectivity index (χ0v) is 22.6. The molecular weight excluding hydrogens is 594 g/mol. The van der Waals surface area contributed by atoms with Crippen molar-refractivity contribution in [2.75, 3.05) is 11.9 Å². The molecule has 0 bridgehead atoms. The number of hydrogen-bond donors (Lipinski definition) is 1. The van der Waals surface area contributed by atoms with E-state index in [4.69, 9.17) is 51.1 Å². The lowest BCUT2D eigenvalue weighted by Gasteiger charge is -2.27. The summed E-state index contributed by atoms with van der Waals surface area (Å²) in [7, 11) is 0. The van der Waals surface area contributed by atoms with Crippen molar-refractivity contribution in [3.05, 3.63) is 59.5 Å². The predicted octanol–water partition coefficient (Wildman–Crippen LogP) is 6.17. The van der Waals surface area contributed by atoms with Crippen molar-refractivity contribution in [1.29, 1.82) is 0 Å². The molecule has 1 N–H and O–H groups in total. The van der Waals surface area contributed by atoms with Crippen molar-refractivity contribution in [1.82, 2.24) is 4.90 Å². The van der Waals surface area contributed by atoms with Crippen LogP contribution in [-0.4, -0.2) is 41.2 Å². The zero-order chi connectivity index (χ0) is 25.5. The number of aryl methyl sites for hydroxylation is 1. The summed E-state index contributed by atoms with van der Waals surface area (Å²) in [6.45, 7) is 4.41. The molecule has 0 saturated carbocycles. The molecule has 12 heteroatoms. The van der Waals surface area contributed by atoms with E-state index in [9.17, 15) is 19.2 Å². The number of fused-ring (bicyclic) bond motifs is 1. The van der Waals surface area contributed by atoms with E-state index in [0.717, 1.165) is 10.0 Å². The van der Waals surface area contributed by atoms with Crippen LogP contribution in [0.1, 0.15) is 40.1 Å². The van der Waals surface area contributed by atoms with Crippen molar-refractivity contribution >= 4 is 91.7 Å². The van der Waals surface area contributed by atoms with Gasteiger partial charge in [0, 0.05) is 10.2 Å². The lowest BCUT2D eigenvalue weighted by molar-refractivity contribution is -0.152. The number of anilines is 1. The molecule has 1 aliphatic rings. The monoisotopic (exact) mass is 608 g/mol. The standard InChI is InChI=1S/C22H17BrCl4N2O5/c1-8(2)19(22(33)34-7-12(30)28-11-5-4-10(23)6-9(11)3)29-20(31)13-14(21(29)32)16(25)18(27)17(26)15(13)24/h4-6,8,19H,7H2,1-3H3,(H,28,30)/t19-/m1/s1. The van der Waals surface area contributed by atoms with E-state index in [1.807, 2.05) is 6.07 Å². The van der Waals surface area contributed by atoms with E-state index >= 15 is 0 Å². The third-order valence-corrected chi connectivity index (χ3v) is 7.39. The number of carbonyl (C=O) groups is 4. The molecule has 0 spiro atoms. The topological polar surface area (TPSA) is 92.8 Å². The summed E-state index contributed by atoms with van der Waals surface area (Å²) >= 11 is 27.7. The maximum absolute atomic E-state index is 13.1. The van der Waals surface area contributed by atoms with Crippen LogP contribution in [0.5, 0.6) is 0 Å². The lowest BCUT2D eigenvalue weighted by Crippen LogP contribution is -2.49. The van der Waals surface area contributed by atoms with Gasteiger partial charge in [0.2, 0.25) is 0 Å². The van der Waals surface area contributed by atoms with Gasteiger partial charge in [0.05, 0.1) is 31.2 Å². The molecule has 1 heterocycles. The van der Waals surface area contributed by atoms with Crippen molar-refractivity contribution in [3.63, 3.8) is 0 Å². The van der Waals surface area contributed by atoms with E-state index in [0.29, 0.717) is 10.6 Å². The first-order valence-corrected chi connectivity index (χ1v) is 12.1. The molecule has 0 radical (unpaired) electrons. The first-order chi connectivity index (χ1) is 15.9. The summed E-state index contributed by atoms with van der Waals surface area (Å²) in [6.07, 6.45) is 0. The fourth-order valence-corrected chi connectivity index (χ4v) is 4.96. The number of esters is 1. The van der Waals surface area contributed by atoms with Gasteiger partial charge in [-0.1, -0.05) is 76.2 Å². The third kappa shape index (κ3) is 4.93. The Hall–Kier alpha value is -1.84. The van der Waals surface area contributed by atoms with Gasteiger partial charge in [-0.15, -0.1) is 0 Å². The van der Waals surface area contributed by atoms with Gasteiger partial charge >= 0.3 is 5.97 Å². The maximum Gasteiger partial charge on any atom is 0.330 e. The Morgan fingerprint density at radius 3 is 2.00 bits per heavy atom. The van der Waals surface area contributed by atoms with Crippen LogP contribution in [0.3, 0.4) is 0 Å². The smallest absolute Gasteiger partial charge is 0.330 e. The van der Waals surface area contributed by atoms with Gasteiger partial charge in [-0.25, -0.2) is 4.79 Å². The van der Waals surface area contributed by atoms with E-state index in [-0.39, 0.29) is 31.2 Å². The van der Waals surface area contributed by atoms with Crippen LogP contribution >= 0.6 is 62.3 Å². The van der Waals surface area contributed by atoms with Crippen LogP contribution < -0.4 is 5.32 Å². The van der Waals surface area contributed by atoms with Crippen molar-refractivity contribution in [2.24, 2.45) is 5.92 Å². The van der Waals surface area contributed by atoms with Gasteiger partial charge in [-0.05, 0) is 36.6 Å². The molecule has 3 amide bonds. The fraction of sp³-hybridized carbons (Fsp3) is 0.273. The number of nitrogens with zero attached hydrogens (tertiary/aromatic N) is 1. The molecule has 0 saturated heterocycles. The average Bonchev–Trinajstić information content (AvgIpc) is 3.02. The SMILES string of the molecule is Cc1cc(Br)ccc1NC(=O)COC(=O)[C@@H](C(C)C)N1C(=O)c2c(Cl)c(Cl)c(Cl)c(Cl)c2C1=O. The Labute approximate surface area is 223 Å². The highest BCUT2D eigenvalue weighted by molar-refractivity contribution is 9.10. The maximum atomic E-state index is 13.1. The molecule has 3 rings (SSSR count). The second-order valence-corrected chi connectivity index (χ2v) is 10.2. The third-order valence-electron chi connectivity index (χ3n) is 5.09. The molecular formula is C22H17BrCl4N2O5. The normalized spacial score (nSPS) is 13.9. The molecule has 0 fully saturated rings. The van der Waals surface area contributed by atoms with Crippen LogP contribution in [0.4, 0.5) is 5.69 Å². The number of rotatable bonds is 6. The lowest BCUT2D eigenvalue weighted by atomic mass is 10.0. The number of benzene rings is 2. The van der Waals surface area contributed by atoms with Gasteiger partial charge < -0.3 is 10.1 Å². The van der Waals surface area contributed by atoms with Crippen LogP contribution in [0.25, 0.3) is 0 Å². The summed E-state index contributed by atoms with van der Waals surface area (Å²) in [6, 6.07) is 3.91. The van der Waals surface area contributed by atoms with Crippen molar-refractivity contribution in [3.8, 4) is 0 Å². The Kier molecular flexibility index (Phi) is 8.20. The number of imide groups is 1. The van der Waals surface area contributed by atoms with Crippen molar-refractivity contribution < 1.29 is 23.9 Å². The van der Waals surface area contributed by atoms with Crippen LogP contribution in [0, 0.1) is 12.8 Å². The fourth-order valence-electron chi connectivity index (χ4n) is 3.47. The van der Waals surface area contributed by atoms with Crippen LogP contribution in [0.2, 0.25) is 20.1 Å². The molecule has 34 heavy (non-hydrogen) atoms. The number of ether oxygens (including phenoxy) is 1. The minimum Gasteiger partial charge on any atom is -0.454 e. The van der Waals surface area contributed by atoms with Gasteiger partial charge in [0.15, 0.2) is 6.61 Å². The highest BCUT2D eigenvalue weighted by Crippen LogP contribution is 2.45. The Morgan fingerprint density at radius 1 is 1.00 bits per heavy atom. The minimum absolute atomic E-state index is 0.182. The number of amides is 3. The molecule has 0 aromatic heterocycles. The van der Waals surface area contributed by atoms with Crippen LogP contribution in [0.15, 0.2) is 22.7 Å². The van der Waals surface area contributed by atoms with Crippen LogP contribution in [-0.2, 0) is 14.3 Å². The van der Waals surface area contributed by atoms with Crippen molar-refractivity contribution in [2.45, 2.75) is 26.8 Å². The summed E-state index contributed by atoms with van der Waals surface area (Å²) < 4.78 is 6.00. The zero-order valence-electron chi connectivity index (χ0n) is 18.0. The molecule has 0 unspecified atom stereocenters. The molecule has 7 nitrogen and oxygen atoms in total. The average molecular weight is 611 g/mol. The van der Waals surface area contributed by atoms with Gasteiger partial charge in [-0.3, -0.25) is 19.3 Å². The predicted molar refractivity (Wildman–Crippen MR) is 134 cm³/mol. The van der Waals surface area contributed by atoms with E-state index in [1.54, 1.807) is 32.9 Å². The second kappa shape index (κ2) is 10.4. The van der Waals surface area contributed by atoms with E-state index in [1.165, 1.54) is 0 Å². The highest BCUT2D eigenvalue weighted by atomic mass is 79.9. The van der Waals surface area contributed by atoms with E-state index < -0.39 is 42.3 Å². The molecule has 2 aromatic carbocycles. The molecule has 0 aliphatic carbocycles. The second-order valence-electron chi connectivity index (χ2n) is 7.79. The largest absolute Gasteiger partial charge is 0.454 e. The first-order valence-electron chi connectivity index (χ1n) is 9.83. The molecule has 2 aromatic rings. The number of halogens is 5. The molecule has 1 aliphatic heterocycles. The molecule has 180 valence electrons. The van der Waals surface area contributed by atoms with E-state index in [2.05, 4.69) is 21.2 Å². The Balaban J connectivity index is 1.81. The quantitative estimate of drug-likeness (QED) is 0.183. The minimum atomic E-state index is -1.35. The Bertz CT molecular complexity index is 1190. The van der Waals surface area contributed by atoms with Gasteiger partial charge in [-0.2, -0.15) is 0 Å². The summed E-state index contributed by atoms with van der Waals surface area (Å²) in [5.41, 5.74) is 0.857. The number of hydrogen-bond acceptors (Lipinski definition) is 5. The van der Waals surface area contributed by atoms with Gasteiger partial charge in [0.1, 0.15) is 6.04 Å². The Morgan fingerprint density at radius 2 is 1.53 bits per heavy atom. The summed E-state index contributed by atoms with van der Waals surface area (Å²) in [5.74, 6) is -3.83. The van der Waals surface area contributed by atoms with Gasteiger partial charge in [0.25, 0.3) is 17.7 Å². The highest BCUT2D eigenvalue weighted by Gasteiger charge is 2.48.